The molecule has 116 valence electrons. The maximum atomic E-state index is 11.6. The minimum atomic E-state index is 0. The summed E-state index contributed by atoms with van der Waals surface area (Å²) in [5.74, 6) is 0.209. The van der Waals surface area contributed by atoms with Gasteiger partial charge in [0.15, 0.2) is 5.78 Å². The minimum absolute atomic E-state index is 0. The van der Waals surface area contributed by atoms with Crippen LogP contribution in [0.5, 0.6) is 0 Å². The summed E-state index contributed by atoms with van der Waals surface area (Å²) in [6, 6.07) is 8.13. The van der Waals surface area contributed by atoms with Crippen LogP contribution in [0.2, 0.25) is 0 Å². The predicted octanol–water partition coefficient (Wildman–Crippen LogP) is -3.73. The van der Waals surface area contributed by atoms with Crippen LogP contribution in [0.4, 0.5) is 0 Å². The van der Waals surface area contributed by atoms with Crippen molar-refractivity contribution in [3.63, 3.8) is 0 Å². The van der Waals surface area contributed by atoms with E-state index in [0.29, 0.717) is 9.52 Å². The Labute approximate surface area is 166 Å². The van der Waals surface area contributed by atoms with Crippen LogP contribution in [0.15, 0.2) is 46.3 Å². The molecule has 0 aromatic heterocycles. The minimum Gasteiger partial charge on any atom is -1.00 e. The molecule has 1 N–H and O–H groups in total. The van der Waals surface area contributed by atoms with E-state index in [2.05, 4.69) is 25.1 Å². The summed E-state index contributed by atoms with van der Waals surface area (Å²) in [7, 11) is 0.631. The molecular weight excluding hydrogens is 383 g/mol. The summed E-state index contributed by atoms with van der Waals surface area (Å²) in [4.78, 5) is 11.6. The first kappa shape index (κ1) is 22.6. The number of carbonyl (C=O) groups excluding carboxylic acids is 1. The second-order valence-corrected chi connectivity index (χ2v) is 6.02. The fourth-order valence-corrected chi connectivity index (χ4v) is 3.25. The Morgan fingerprint density at radius 2 is 1.87 bits per heavy atom. The number of allylic oxidation sites excluding steroid dienone is 5. The summed E-state index contributed by atoms with van der Waals surface area (Å²) >= 11 is 0. The van der Waals surface area contributed by atoms with Gasteiger partial charge in [0.05, 0.1) is 9.52 Å². The van der Waals surface area contributed by atoms with Crippen molar-refractivity contribution >= 4 is 20.9 Å². The van der Waals surface area contributed by atoms with Crippen LogP contribution in [-0.2, 0) is 26.5 Å². The number of hydrogen-bond donors (Lipinski definition) is 1. The van der Waals surface area contributed by atoms with Gasteiger partial charge in [-0.05, 0) is 6.08 Å². The fraction of sp³-hybridized carbons (Fsp3) is 0.176. The van der Waals surface area contributed by atoms with Gasteiger partial charge in [0.1, 0.15) is 0 Å². The largest absolute Gasteiger partial charge is 4.00 e. The summed E-state index contributed by atoms with van der Waals surface area (Å²) in [5.41, 5.74) is 4.53. The molecule has 23 heavy (non-hydrogen) atoms. The molecule has 1 heterocycles. The van der Waals surface area contributed by atoms with Gasteiger partial charge in [-0.25, -0.2) is 0 Å². The second-order valence-electron chi connectivity index (χ2n) is 4.77. The van der Waals surface area contributed by atoms with Crippen molar-refractivity contribution in [2.24, 2.45) is 0 Å². The number of rotatable bonds is 2. The summed E-state index contributed by atoms with van der Waals surface area (Å²) < 4.78 is 0. The first-order valence-electron chi connectivity index (χ1n) is 6.68. The van der Waals surface area contributed by atoms with Gasteiger partial charge < -0.3 is 36.8 Å². The topological polar surface area (TPSA) is 37.3 Å². The summed E-state index contributed by atoms with van der Waals surface area (Å²) in [6.07, 6.45) is 6.84. The first-order chi connectivity index (χ1) is 9.76. The van der Waals surface area contributed by atoms with E-state index in [0.717, 1.165) is 34.7 Å². The number of aliphatic hydroxyl groups is 1. The van der Waals surface area contributed by atoms with Crippen molar-refractivity contribution < 1.29 is 56.4 Å². The number of aliphatic hydroxyl groups excluding tert-OH is 1. The molecule has 0 bridgehead atoms. The van der Waals surface area contributed by atoms with E-state index in [1.54, 1.807) is 6.08 Å². The van der Waals surface area contributed by atoms with E-state index in [-0.39, 0.29) is 58.9 Å². The average molecular weight is 397 g/mol. The first-order valence-corrected chi connectivity index (χ1v) is 7.68. The van der Waals surface area contributed by atoms with Gasteiger partial charge in [0.25, 0.3) is 0 Å². The Hall–Kier alpha value is -0.419. The van der Waals surface area contributed by atoms with Crippen molar-refractivity contribution in [1.29, 1.82) is 0 Å². The third-order valence-electron chi connectivity index (χ3n) is 3.36. The molecule has 0 fully saturated rings. The molecule has 1 aromatic carbocycles. The third-order valence-corrected chi connectivity index (χ3v) is 4.61. The molecule has 1 aliphatic heterocycles. The van der Waals surface area contributed by atoms with Crippen LogP contribution < -0.4 is 24.8 Å². The molecular formula is C17H14Cl2O2SiTi. The van der Waals surface area contributed by atoms with E-state index < -0.39 is 0 Å². The number of hydrogen-bond acceptors (Lipinski definition) is 2. The Kier molecular flexibility index (Phi) is 9.60. The van der Waals surface area contributed by atoms with Gasteiger partial charge in [-0.3, -0.25) is 4.79 Å². The van der Waals surface area contributed by atoms with Gasteiger partial charge in [-0.2, -0.15) is 6.42 Å². The zero-order chi connectivity index (χ0) is 14.1. The second kappa shape index (κ2) is 9.77. The Morgan fingerprint density at radius 1 is 1.17 bits per heavy atom. The van der Waals surface area contributed by atoms with Gasteiger partial charge in [-0.1, -0.05) is 29.8 Å². The molecule has 0 spiro atoms. The average Bonchev–Trinajstić information content (AvgIpc) is 3.19. The maximum Gasteiger partial charge on any atom is 4.00 e. The van der Waals surface area contributed by atoms with Crippen molar-refractivity contribution in [3.05, 3.63) is 70.4 Å². The number of benzene rings is 1. The molecule has 0 saturated carbocycles. The van der Waals surface area contributed by atoms with E-state index in [9.17, 15) is 4.79 Å². The fourth-order valence-electron chi connectivity index (χ4n) is 2.29. The molecule has 4 rings (SSSR count). The van der Waals surface area contributed by atoms with Crippen LogP contribution in [0, 0.1) is 13.0 Å². The van der Waals surface area contributed by atoms with Crippen molar-refractivity contribution in [2.45, 2.75) is 12.8 Å². The number of unbranched alkanes of at least 4 members (excludes halogenated alkanes) is 1. The van der Waals surface area contributed by atoms with Gasteiger partial charge >= 0.3 is 21.7 Å². The van der Waals surface area contributed by atoms with Crippen molar-refractivity contribution in [3.8, 4) is 0 Å². The van der Waals surface area contributed by atoms with Gasteiger partial charge in [0, 0.05) is 6.61 Å². The van der Waals surface area contributed by atoms with Crippen LogP contribution in [-0.4, -0.2) is 27.0 Å². The van der Waals surface area contributed by atoms with Crippen LogP contribution >= 0.6 is 0 Å². The van der Waals surface area contributed by atoms with Crippen molar-refractivity contribution in [2.75, 3.05) is 6.61 Å². The molecule has 2 aliphatic carbocycles. The molecule has 6 heteroatoms. The maximum absolute atomic E-state index is 11.6. The Morgan fingerprint density at radius 3 is 2.48 bits per heavy atom. The van der Waals surface area contributed by atoms with Crippen LogP contribution in [0.3, 0.4) is 0 Å². The number of fused-ring (bicyclic) bond motifs is 4. The zero-order valence-electron chi connectivity index (χ0n) is 12.3. The summed E-state index contributed by atoms with van der Waals surface area (Å²) in [6.45, 7) is 3.80. The van der Waals surface area contributed by atoms with E-state index >= 15 is 0 Å². The predicted molar refractivity (Wildman–Crippen MR) is 79.7 cm³/mol. The molecule has 2 nitrogen and oxygen atoms in total. The Bertz CT molecular complexity index is 679. The number of carbonyl (C=O) groups is 1. The van der Waals surface area contributed by atoms with E-state index in [4.69, 9.17) is 5.11 Å². The number of ketones is 1. The molecule has 0 unspecified atom stereocenters. The molecule has 0 atom stereocenters. The monoisotopic (exact) mass is 396 g/mol. The Balaban J connectivity index is 0.000000544. The molecule has 2 radical (unpaired) electrons. The SMILES string of the molecule is O=C1C=C2C(=[C-]c3ccccc32)C2=C1[Si]2.[CH2-]CCCO.[Cl-].[Cl-].[Ti+4]. The summed E-state index contributed by atoms with van der Waals surface area (Å²) in [5, 5.41) is 10.3. The molecule has 1 aromatic rings. The third kappa shape index (κ3) is 4.56. The van der Waals surface area contributed by atoms with Crippen LogP contribution in [0.25, 0.3) is 5.57 Å². The molecule has 0 amide bonds. The van der Waals surface area contributed by atoms with Crippen molar-refractivity contribution in [1.82, 2.24) is 0 Å². The standard InChI is InChI=1S/C13H5OSi.C4H9O.2ClH.Ti/c14-11-6-9-8-4-2-1-3-7(8)5-10(9)12-13(11)15-12;1-2-3-4-5;;;/h1-4,6H;5H,1-4H2;2*1H;/q2*-1;;;+4/p-2. The zero-order valence-corrected chi connectivity index (χ0v) is 16.4. The van der Waals surface area contributed by atoms with E-state index in [1.807, 2.05) is 12.1 Å². The van der Waals surface area contributed by atoms with Crippen LogP contribution in [0.1, 0.15) is 24.0 Å². The molecule has 0 saturated heterocycles. The smallest absolute Gasteiger partial charge is 1.00 e. The normalized spacial score (nSPS) is 15.1. The van der Waals surface area contributed by atoms with Gasteiger partial charge in [-0.15, -0.1) is 39.6 Å². The van der Waals surface area contributed by atoms with Gasteiger partial charge in [0.2, 0.25) is 0 Å². The molecule has 3 aliphatic rings. The van der Waals surface area contributed by atoms with E-state index in [1.165, 1.54) is 10.8 Å². The quantitative estimate of drug-likeness (QED) is 0.412. The number of halogens is 2.